The van der Waals surface area contributed by atoms with Crippen LogP contribution >= 0.6 is 7.82 Å². The lowest BCUT2D eigenvalue weighted by Crippen LogP contribution is -2.30. The van der Waals surface area contributed by atoms with Gasteiger partial charge in [-0.05, 0) is 116 Å². The number of esters is 3. The molecule has 0 aliphatic heterocycles. The van der Waals surface area contributed by atoms with Crippen LogP contribution in [-0.2, 0) is 42.2 Å². The molecule has 0 saturated heterocycles. The maximum Gasteiger partial charge on any atom is 0.472 e. The SMILES string of the molecule is CC/C=C\C/C=C\C/C=C\C/C=C\C/C=C\CCCCCC(=O)OC(COC(=O)CCCCCCC/C=C\C/C=C\CCCCC)COP(=O)(O)OCC(CO)OC(=O)CCCCCCC/C=C\CCCC. The summed E-state index contributed by atoms with van der Waals surface area (Å²) in [6, 6.07) is 0. The minimum absolute atomic E-state index is 0.121. The molecule has 2 N–H and O–H groups in total. The van der Waals surface area contributed by atoms with E-state index in [4.69, 9.17) is 23.3 Å². The lowest BCUT2D eigenvalue weighted by Gasteiger charge is -2.21. The summed E-state index contributed by atoms with van der Waals surface area (Å²) in [4.78, 5) is 48.4. The zero-order valence-electron chi connectivity index (χ0n) is 45.4. The fraction of sp³-hybridized carbons (Fsp3) is 0.683. The Kier molecular flexibility index (Phi) is 51.0. The lowest BCUT2D eigenvalue weighted by atomic mass is 10.1. The number of ether oxygens (including phenoxy) is 3. The second kappa shape index (κ2) is 53.7. The molecule has 72 heavy (non-hydrogen) atoms. The van der Waals surface area contributed by atoms with Crippen molar-refractivity contribution in [1.29, 1.82) is 0 Å². The van der Waals surface area contributed by atoms with Gasteiger partial charge in [0.1, 0.15) is 12.7 Å². The maximum absolute atomic E-state index is 12.9. The van der Waals surface area contributed by atoms with Gasteiger partial charge in [0, 0.05) is 19.3 Å². The third kappa shape index (κ3) is 51.3. The van der Waals surface area contributed by atoms with E-state index < -0.39 is 57.8 Å². The average Bonchev–Trinajstić information content (AvgIpc) is 3.37. The number of aliphatic hydroxyl groups is 1. The molecule has 0 rings (SSSR count). The Balaban J connectivity index is 4.84. The fourth-order valence-corrected chi connectivity index (χ4v) is 7.94. The molecule has 0 amide bonds. The normalized spacial score (nSPS) is 14.1. The molecule has 0 bridgehead atoms. The van der Waals surface area contributed by atoms with Crippen molar-refractivity contribution in [3.05, 3.63) is 97.2 Å². The first-order valence-corrected chi connectivity index (χ1v) is 29.6. The summed E-state index contributed by atoms with van der Waals surface area (Å²) in [6.07, 6.45) is 62.3. The second-order valence-corrected chi connectivity index (χ2v) is 19.8. The smallest absolute Gasteiger partial charge is 0.462 e. The third-order valence-corrected chi connectivity index (χ3v) is 12.4. The first kappa shape index (κ1) is 68.4. The van der Waals surface area contributed by atoms with E-state index >= 15 is 0 Å². The van der Waals surface area contributed by atoms with Crippen molar-refractivity contribution in [3.8, 4) is 0 Å². The number of carbonyl (C=O) groups is 3. The van der Waals surface area contributed by atoms with Gasteiger partial charge in [0.05, 0.1) is 19.8 Å². The van der Waals surface area contributed by atoms with Gasteiger partial charge in [-0.1, -0.05) is 189 Å². The van der Waals surface area contributed by atoms with Gasteiger partial charge < -0.3 is 24.2 Å². The zero-order chi connectivity index (χ0) is 52.7. The average molecular weight is 1030 g/mol. The number of allylic oxidation sites excluding steroid dienone is 16. The summed E-state index contributed by atoms with van der Waals surface area (Å²) in [5.74, 6) is -1.54. The second-order valence-electron chi connectivity index (χ2n) is 18.4. The molecule has 0 aliphatic carbocycles. The van der Waals surface area contributed by atoms with Crippen molar-refractivity contribution in [2.45, 2.75) is 238 Å². The number of rotatable bonds is 51. The summed E-state index contributed by atoms with van der Waals surface area (Å²) in [6.45, 7) is 4.39. The van der Waals surface area contributed by atoms with Crippen LogP contribution in [0.1, 0.15) is 226 Å². The van der Waals surface area contributed by atoms with Crippen LogP contribution in [0.5, 0.6) is 0 Å². The molecule has 0 aliphatic rings. The number of hydrogen-bond acceptors (Lipinski definition) is 10. The molecule has 0 aromatic rings. The highest BCUT2D eigenvalue weighted by Crippen LogP contribution is 2.43. The Bertz CT molecular complexity index is 1580. The van der Waals surface area contributed by atoms with Gasteiger partial charge >= 0.3 is 25.7 Å². The molecule has 0 spiro atoms. The number of phosphoric ester groups is 1. The molecule has 11 nitrogen and oxygen atoms in total. The van der Waals surface area contributed by atoms with Crippen molar-refractivity contribution in [2.24, 2.45) is 0 Å². The zero-order valence-corrected chi connectivity index (χ0v) is 46.3. The van der Waals surface area contributed by atoms with Crippen LogP contribution in [-0.4, -0.2) is 66.5 Å². The van der Waals surface area contributed by atoms with Gasteiger partial charge in [-0.15, -0.1) is 0 Å². The molecule has 0 radical (unpaired) electrons. The van der Waals surface area contributed by atoms with E-state index in [2.05, 4.69) is 118 Å². The van der Waals surface area contributed by atoms with E-state index in [-0.39, 0.29) is 25.9 Å². The van der Waals surface area contributed by atoms with Crippen molar-refractivity contribution in [3.63, 3.8) is 0 Å². The molecule has 0 aromatic carbocycles. The van der Waals surface area contributed by atoms with Gasteiger partial charge in [-0.3, -0.25) is 23.4 Å². The molecule has 412 valence electrons. The number of unbranched alkanes of at least 4 members (excludes halogenated alkanes) is 18. The van der Waals surface area contributed by atoms with Crippen LogP contribution in [0.25, 0.3) is 0 Å². The van der Waals surface area contributed by atoms with Gasteiger partial charge in [-0.25, -0.2) is 4.57 Å². The molecule has 0 fully saturated rings. The Morgan fingerprint density at radius 1 is 0.403 bits per heavy atom. The van der Waals surface area contributed by atoms with Crippen LogP contribution in [0.4, 0.5) is 0 Å². The monoisotopic (exact) mass is 1030 g/mol. The van der Waals surface area contributed by atoms with Crippen LogP contribution < -0.4 is 0 Å². The highest BCUT2D eigenvalue weighted by atomic mass is 31.2. The fourth-order valence-electron chi connectivity index (χ4n) is 7.16. The molecular weight excluding hydrogens is 928 g/mol. The number of carbonyl (C=O) groups excluding carboxylic acids is 3. The predicted octanol–water partition coefficient (Wildman–Crippen LogP) is 16.5. The molecule has 12 heteroatoms. The van der Waals surface area contributed by atoms with Crippen molar-refractivity contribution < 1.29 is 52.2 Å². The van der Waals surface area contributed by atoms with E-state index in [1.807, 2.05) is 0 Å². The molecule has 0 saturated carbocycles. The van der Waals surface area contributed by atoms with E-state index in [0.717, 1.165) is 135 Å². The summed E-state index contributed by atoms with van der Waals surface area (Å²) in [7, 11) is -4.76. The van der Waals surface area contributed by atoms with Gasteiger partial charge in [0.25, 0.3) is 0 Å². The minimum atomic E-state index is -4.76. The van der Waals surface area contributed by atoms with Gasteiger partial charge in [-0.2, -0.15) is 0 Å². The quantitative estimate of drug-likeness (QED) is 0.0197. The highest BCUT2D eigenvalue weighted by Gasteiger charge is 2.28. The van der Waals surface area contributed by atoms with Crippen molar-refractivity contribution in [2.75, 3.05) is 26.4 Å². The summed E-state index contributed by atoms with van der Waals surface area (Å²) >= 11 is 0. The molecule has 0 aromatic heterocycles. The molecular formula is C60H101O11P. The lowest BCUT2D eigenvalue weighted by molar-refractivity contribution is -0.161. The number of aliphatic hydroxyl groups excluding tert-OH is 1. The number of phosphoric acid groups is 1. The minimum Gasteiger partial charge on any atom is -0.462 e. The Labute approximate surface area is 438 Å². The Morgan fingerprint density at radius 3 is 1.18 bits per heavy atom. The van der Waals surface area contributed by atoms with Crippen LogP contribution in [0.15, 0.2) is 97.2 Å². The van der Waals surface area contributed by atoms with Crippen LogP contribution in [0.3, 0.4) is 0 Å². The van der Waals surface area contributed by atoms with E-state index in [1.54, 1.807) is 0 Å². The largest absolute Gasteiger partial charge is 0.472 e. The first-order chi connectivity index (χ1) is 35.2. The van der Waals surface area contributed by atoms with Gasteiger partial charge in [0.2, 0.25) is 0 Å². The third-order valence-electron chi connectivity index (χ3n) is 11.5. The van der Waals surface area contributed by atoms with Gasteiger partial charge in [0.15, 0.2) is 6.10 Å². The van der Waals surface area contributed by atoms with Crippen LogP contribution in [0, 0.1) is 0 Å². The standard InChI is InChI=1S/C60H101O11P/c1-4-7-10-13-16-19-22-24-26-27-28-29-31-33-36-39-42-45-48-51-60(64)71-57(53-67-58(62)49-46-43-40-37-35-32-30-25-23-20-17-14-11-8-5-2)55-69-72(65,66)68-54-56(52-61)70-59(63)50-47-44-41-38-34-21-18-15-12-9-6-3/h7,10,15-20,24-26,28-30,33,36,56-57,61H,4-6,8-9,11-14,21-23,27,31-32,34-35,37-55H2,1-3H3,(H,65,66)/b10-7-,18-15-,19-16-,20-17-,26-24-,29-28-,30-25-,36-33-. The van der Waals surface area contributed by atoms with Crippen LogP contribution in [0.2, 0.25) is 0 Å². The maximum atomic E-state index is 12.9. The molecule has 0 heterocycles. The predicted molar refractivity (Wildman–Crippen MR) is 297 cm³/mol. The summed E-state index contributed by atoms with van der Waals surface area (Å²) < 4.78 is 39.4. The number of hydrogen-bond donors (Lipinski definition) is 2. The summed E-state index contributed by atoms with van der Waals surface area (Å²) in [5, 5.41) is 9.78. The van der Waals surface area contributed by atoms with E-state index in [9.17, 15) is 28.9 Å². The molecule has 3 unspecified atom stereocenters. The van der Waals surface area contributed by atoms with Crippen molar-refractivity contribution in [1.82, 2.24) is 0 Å². The first-order valence-electron chi connectivity index (χ1n) is 28.1. The van der Waals surface area contributed by atoms with E-state index in [1.165, 1.54) is 32.1 Å². The van der Waals surface area contributed by atoms with Crippen molar-refractivity contribution >= 4 is 25.7 Å². The molecule has 3 atom stereocenters. The summed E-state index contributed by atoms with van der Waals surface area (Å²) in [5.41, 5.74) is 0. The topological polar surface area (TPSA) is 155 Å². The van der Waals surface area contributed by atoms with E-state index in [0.29, 0.717) is 19.3 Å². The Hall–Kier alpha value is -3.60. The Morgan fingerprint density at radius 2 is 0.736 bits per heavy atom. The highest BCUT2D eigenvalue weighted by molar-refractivity contribution is 7.47.